The van der Waals surface area contributed by atoms with Gasteiger partial charge < -0.3 is 10.2 Å². The van der Waals surface area contributed by atoms with Crippen LogP contribution in [0.3, 0.4) is 0 Å². The Hall–Kier alpha value is -1.07. The van der Waals surface area contributed by atoms with E-state index in [1.807, 2.05) is 7.05 Å². The van der Waals surface area contributed by atoms with Gasteiger partial charge in [0.1, 0.15) is 0 Å². The third-order valence-electron chi connectivity index (χ3n) is 3.75. The van der Waals surface area contributed by atoms with Crippen molar-refractivity contribution in [3.63, 3.8) is 0 Å². The average molecular weight is 302 g/mol. The van der Waals surface area contributed by atoms with Gasteiger partial charge in [-0.05, 0) is 59.0 Å². The summed E-state index contributed by atoms with van der Waals surface area (Å²) >= 11 is 0. The smallest absolute Gasteiger partial charge is 0.310 e. The lowest BCUT2D eigenvalue weighted by Gasteiger charge is -2.22. The topological polar surface area (TPSA) is 15.3 Å². The summed E-state index contributed by atoms with van der Waals surface area (Å²) in [7, 11) is 2.05. The molecule has 2 nitrogen and oxygen atoms in total. The molecule has 120 valence electrons. The van der Waals surface area contributed by atoms with E-state index in [4.69, 9.17) is 0 Å². The molecular formula is C16H25F3N2. The second-order valence-corrected chi connectivity index (χ2v) is 5.69. The first-order valence-corrected chi connectivity index (χ1v) is 7.33. The molecule has 0 fully saturated rings. The van der Waals surface area contributed by atoms with E-state index in [-0.39, 0.29) is 6.04 Å². The number of alkyl halides is 3. The molecule has 21 heavy (non-hydrogen) atoms. The third-order valence-corrected chi connectivity index (χ3v) is 3.75. The van der Waals surface area contributed by atoms with Gasteiger partial charge in [-0.3, -0.25) is 0 Å². The molecule has 5 heteroatoms. The first kappa shape index (κ1) is 18.0. The van der Waals surface area contributed by atoms with E-state index in [9.17, 15) is 13.2 Å². The monoisotopic (exact) mass is 302 g/mol. The summed E-state index contributed by atoms with van der Waals surface area (Å²) in [4.78, 5) is 2.22. The van der Waals surface area contributed by atoms with E-state index in [2.05, 4.69) is 24.1 Å². The maximum Gasteiger partial charge on any atom is 0.416 e. The zero-order valence-electron chi connectivity index (χ0n) is 13.2. The summed E-state index contributed by atoms with van der Waals surface area (Å²) in [6.07, 6.45) is -3.39. The Morgan fingerprint density at radius 3 is 2.33 bits per heavy atom. The molecule has 0 spiro atoms. The van der Waals surface area contributed by atoms with Gasteiger partial charge in [0.2, 0.25) is 0 Å². The summed E-state index contributed by atoms with van der Waals surface area (Å²) in [5, 5.41) is 3.18. The van der Waals surface area contributed by atoms with Crippen molar-refractivity contribution in [1.82, 2.24) is 10.2 Å². The highest BCUT2D eigenvalue weighted by Gasteiger charge is 2.33. The van der Waals surface area contributed by atoms with Gasteiger partial charge >= 0.3 is 6.18 Å². The lowest BCUT2D eigenvalue weighted by atomic mass is 10.0. The molecule has 1 aromatic rings. The van der Waals surface area contributed by atoms with Gasteiger partial charge in [-0.2, -0.15) is 13.2 Å². The predicted octanol–water partition coefficient (Wildman–Crippen LogP) is 4.09. The summed E-state index contributed by atoms with van der Waals surface area (Å²) in [5.74, 6) is 0. The Labute approximate surface area is 125 Å². The molecule has 0 heterocycles. The first-order chi connectivity index (χ1) is 9.73. The maximum atomic E-state index is 13.0. The molecule has 0 bridgehead atoms. The van der Waals surface area contributed by atoms with Crippen LogP contribution >= 0.6 is 0 Å². The number of halogens is 3. The fraction of sp³-hybridized carbons (Fsp3) is 0.625. The molecular weight excluding hydrogens is 277 g/mol. The molecule has 1 aromatic carbocycles. The van der Waals surface area contributed by atoms with Crippen LogP contribution in [0.25, 0.3) is 0 Å². The van der Waals surface area contributed by atoms with E-state index >= 15 is 0 Å². The molecule has 1 unspecified atom stereocenters. The Morgan fingerprint density at radius 1 is 1.14 bits per heavy atom. The third kappa shape index (κ3) is 5.67. The molecule has 0 saturated heterocycles. The van der Waals surface area contributed by atoms with Crippen molar-refractivity contribution in [2.24, 2.45) is 0 Å². The minimum atomic E-state index is -4.30. The van der Waals surface area contributed by atoms with Crippen molar-refractivity contribution in [3.8, 4) is 0 Å². The van der Waals surface area contributed by atoms with E-state index in [0.717, 1.165) is 19.0 Å². The second kappa shape index (κ2) is 7.80. The van der Waals surface area contributed by atoms with Crippen LogP contribution < -0.4 is 5.32 Å². The Balaban J connectivity index is 2.55. The SMILES string of the molecule is CC(NCCCN(C)C(C)C)c1ccccc1C(F)(F)F. The molecule has 1 rings (SSSR count). The van der Waals surface area contributed by atoms with Crippen molar-refractivity contribution in [1.29, 1.82) is 0 Å². The minimum absolute atomic E-state index is 0.308. The lowest BCUT2D eigenvalue weighted by Crippen LogP contribution is -2.30. The Bertz CT molecular complexity index is 430. The van der Waals surface area contributed by atoms with Crippen LogP contribution in [0.15, 0.2) is 24.3 Å². The van der Waals surface area contributed by atoms with E-state index < -0.39 is 11.7 Å². The van der Waals surface area contributed by atoms with Crippen LogP contribution in [0, 0.1) is 0 Å². The molecule has 0 amide bonds. The number of benzene rings is 1. The van der Waals surface area contributed by atoms with Gasteiger partial charge in [0.05, 0.1) is 5.56 Å². The average Bonchev–Trinajstić information content (AvgIpc) is 2.42. The van der Waals surface area contributed by atoms with Crippen molar-refractivity contribution in [3.05, 3.63) is 35.4 Å². The molecule has 1 N–H and O–H groups in total. The van der Waals surface area contributed by atoms with Crippen LogP contribution in [-0.4, -0.2) is 31.1 Å². The van der Waals surface area contributed by atoms with Crippen molar-refractivity contribution < 1.29 is 13.2 Å². The van der Waals surface area contributed by atoms with Gasteiger partial charge in [0.25, 0.3) is 0 Å². The van der Waals surface area contributed by atoms with Crippen molar-refractivity contribution in [2.75, 3.05) is 20.1 Å². The van der Waals surface area contributed by atoms with Crippen LogP contribution in [0.2, 0.25) is 0 Å². The van der Waals surface area contributed by atoms with Crippen LogP contribution in [-0.2, 0) is 6.18 Å². The fourth-order valence-electron chi connectivity index (χ4n) is 2.15. The molecule has 0 aliphatic rings. The summed E-state index contributed by atoms with van der Waals surface area (Å²) < 4.78 is 38.9. The number of hydrogen-bond acceptors (Lipinski definition) is 2. The molecule has 1 atom stereocenters. The summed E-state index contributed by atoms with van der Waals surface area (Å²) in [6, 6.07) is 5.92. The molecule has 0 aliphatic heterocycles. The Morgan fingerprint density at radius 2 is 1.76 bits per heavy atom. The van der Waals surface area contributed by atoms with Crippen LogP contribution in [0.5, 0.6) is 0 Å². The summed E-state index contributed by atoms with van der Waals surface area (Å²) in [5.41, 5.74) is -0.244. The number of rotatable bonds is 7. The van der Waals surface area contributed by atoms with Gasteiger partial charge in [0, 0.05) is 12.1 Å². The van der Waals surface area contributed by atoms with Gasteiger partial charge in [0.15, 0.2) is 0 Å². The normalized spacial score (nSPS) is 14.0. The van der Waals surface area contributed by atoms with Crippen LogP contribution in [0.1, 0.15) is 44.4 Å². The number of nitrogens with zero attached hydrogens (tertiary/aromatic N) is 1. The quantitative estimate of drug-likeness (QED) is 0.763. The van der Waals surface area contributed by atoms with Gasteiger partial charge in [-0.15, -0.1) is 0 Å². The molecule has 0 aromatic heterocycles. The molecule has 0 aliphatic carbocycles. The van der Waals surface area contributed by atoms with Crippen molar-refractivity contribution >= 4 is 0 Å². The zero-order valence-corrected chi connectivity index (χ0v) is 13.2. The molecule has 0 radical (unpaired) electrons. The predicted molar refractivity (Wildman–Crippen MR) is 80.2 cm³/mol. The van der Waals surface area contributed by atoms with E-state index in [1.54, 1.807) is 19.1 Å². The lowest BCUT2D eigenvalue weighted by molar-refractivity contribution is -0.138. The highest BCUT2D eigenvalue weighted by molar-refractivity contribution is 5.31. The number of nitrogens with one attached hydrogen (secondary N) is 1. The van der Waals surface area contributed by atoms with E-state index in [0.29, 0.717) is 18.2 Å². The van der Waals surface area contributed by atoms with Crippen LogP contribution in [0.4, 0.5) is 13.2 Å². The first-order valence-electron chi connectivity index (χ1n) is 7.33. The van der Waals surface area contributed by atoms with Gasteiger partial charge in [-0.1, -0.05) is 18.2 Å². The Kier molecular flexibility index (Phi) is 6.68. The van der Waals surface area contributed by atoms with E-state index in [1.165, 1.54) is 6.07 Å². The second-order valence-electron chi connectivity index (χ2n) is 5.69. The standard InChI is InChI=1S/C16H25F3N2/c1-12(2)21(4)11-7-10-20-13(3)14-8-5-6-9-15(14)16(17,18)19/h5-6,8-9,12-13,20H,7,10-11H2,1-4H3. The fourth-order valence-corrected chi connectivity index (χ4v) is 2.15. The largest absolute Gasteiger partial charge is 0.416 e. The highest BCUT2D eigenvalue weighted by Crippen LogP contribution is 2.34. The number of hydrogen-bond donors (Lipinski definition) is 1. The summed E-state index contributed by atoms with van der Waals surface area (Å²) in [6.45, 7) is 7.64. The zero-order chi connectivity index (χ0) is 16.0. The van der Waals surface area contributed by atoms with Gasteiger partial charge in [-0.25, -0.2) is 0 Å². The minimum Gasteiger partial charge on any atom is -0.310 e. The highest BCUT2D eigenvalue weighted by atomic mass is 19.4. The maximum absolute atomic E-state index is 13.0. The van der Waals surface area contributed by atoms with Crippen molar-refractivity contribution in [2.45, 2.75) is 45.5 Å². The molecule has 0 saturated carbocycles.